The third-order valence-electron chi connectivity index (χ3n) is 5.59. The number of carbonyl (C=O) groups excluding carboxylic acids is 1. The molecular formula is C23H44N4O3. The van der Waals surface area contributed by atoms with Gasteiger partial charge in [0, 0.05) is 52.5 Å². The summed E-state index contributed by atoms with van der Waals surface area (Å²) >= 11 is 0. The minimum absolute atomic E-state index is 0.149. The van der Waals surface area contributed by atoms with Gasteiger partial charge >= 0.3 is 6.09 Å². The Labute approximate surface area is 183 Å². The zero-order valence-electron chi connectivity index (χ0n) is 19.9. The van der Waals surface area contributed by atoms with Crippen molar-refractivity contribution in [3.63, 3.8) is 0 Å². The van der Waals surface area contributed by atoms with E-state index < -0.39 is 5.60 Å². The van der Waals surface area contributed by atoms with Gasteiger partial charge in [0.1, 0.15) is 5.60 Å². The van der Waals surface area contributed by atoms with Crippen LogP contribution in [0.15, 0.2) is 4.99 Å². The van der Waals surface area contributed by atoms with Crippen molar-refractivity contribution >= 4 is 12.1 Å². The second-order valence-corrected chi connectivity index (χ2v) is 9.58. The van der Waals surface area contributed by atoms with Crippen LogP contribution in [0.25, 0.3) is 0 Å². The summed E-state index contributed by atoms with van der Waals surface area (Å²) in [6.07, 6.45) is 7.57. The number of guanidine groups is 1. The average molecular weight is 425 g/mol. The van der Waals surface area contributed by atoms with Gasteiger partial charge in [-0.25, -0.2) is 4.79 Å². The fourth-order valence-corrected chi connectivity index (χ4v) is 3.81. The summed E-state index contributed by atoms with van der Waals surface area (Å²) in [6.45, 7) is 13.2. The van der Waals surface area contributed by atoms with Gasteiger partial charge in [-0.2, -0.15) is 0 Å². The maximum absolute atomic E-state index is 12.8. The summed E-state index contributed by atoms with van der Waals surface area (Å²) in [5.41, 5.74) is -0.451. The molecule has 30 heavy (non-hydrogen) atoms. The molecule has 7 nitrogen and oxygen atoms in total. The highest BCUT2D eigenvalue weighted by Crippen LogP contribution is 2.32. The monoisotopic (exact) mass is 424 g/mol. The molecule has 1 amide bonds. The van der Waals surface area contributed by atoms with E-state index in [1.54, 1.807) is 7.11 Å². The number of unbranched alkanes of at least 4 members (excludes halogenated alkanes) is 2. The van der Waals surface area contributed by atoms with Gasteiger partial charge in [-0.05, 0) is 78.6 Å². The molecule has 2 rings (SSSR count). The van der Waals surface area contributed by atoms with Crippen molar-refractivity contribution in [2.75, 3.05) is 46.4 Å². The molecule has 2 aliphatic rings. The lowest BCUT2D eigenvalue weighted by molar-refractivity contribution is 0.00928. The van der Waals surface area contributed by atoms with Crippen molar-refractivity contribution < 1.29 is 14.3 Å². The third kappa shape index (κ3) is 9.11. The van der Waals surface area contributed by atoms with Crippen LogP contribution in [-0.2, 0) is 9.47 Å². The molecule has 0 spiro atoms. The number of aliphatic imine (C=N–C) groups is 1. The van der Waals surface area contributed by atoms with Gasteiger partial charge in [-0.1, -0.05) is 0 Å². The van der Waals surface area contributed by atoms with E-state index >= 15 is 0 Å². The second-order valence-electron chi connectivity index (χ2n) is 9.58. The van der Waals surface area contributed by atoms with Crippen molar-refractivity contribution in [3.8, 4) is 0 Å². The fourth-order valence-electron chi connectivity index (χ4n) is 3.81. The Kier molecular flexibility index (Phi) is 10.2. The van der Waals surface area contributed by atoms with Crippen LogP contribution in [0.1, 0.15) is 72.6 Å². The smallest absolute Gasteiger partial charge is 0.410 e. The van der Waals surface area contributed by atoms with Gasteiger partial charge in [0.25, 0.3) is 0 Å². The number of carbonyl (C=O) groups is 1. The highest BCUT2D eigenvalue weighted by molar-refractivity contribution is 5.80. The molecule has 174 valence electrons. The van der Waals surface area contributed by atoms with Crippen LogP contribution in [-0.4, -0.2) is 79.9 Å². The summed E-state index contributed by atoms with van der Waals surface area (Å²) < 4.78 is 10.8. The highest BCUT2D eigenvalue weighted by Gasteiger charge is 2.35. The molecule has 1 aliphatic carbocycles. The predicted octanol–water partition coefficient (Wildman–Crippen LogP) is 3.88. The number of piperidine rings is 1. The van der Waals surface area contributed by atoms with Crippen molar-refractivity contribution in [2.45, 2.75) is 84.3 Å². The molecule has 0 unspecified atom stereocenters. The molecule has 1 heterocycles. The van der Waals surface area contributed by atoms with Crippen molar-refractivity contribution in [2.24, 2.45) is 10.9 Å². The second kappa shape index (κ2) is 12.4. The quantitative estimate of drug-likeness (QED) is 0.327. The van der Waals surface area contributed by atoms with E-state index in [0.717, 1.165) is 77.4 Å². The molecule has 0 radical (unpaired) electrons. The van der Waals surface area contributed by atoms with Gasteiger partial charge in [0.15, 0.2) is 5.96 Å². The minimum atomic E-state index is -0.451. The molecule has 0 aromatic rings. The van der Waals surface area contributed by atoms with E-state index in [1.807, 2.05) is 25.7 Å². The van der Waals surface area contributed by atoms with Crippen LogP contribution < -0.4 is 5.32 Å². The average Bonchev–Trinajstić information content (AvgIpc) is 3.51. The molecule has 1 aliphatic heterocycles. The molecule has 0 aromatic carbocycles. The number of ether oxygens (including phenoxy) is 2. The summed E-state index contributed by atoms with van der Waals surface area (Å²) in [6, 6.07) is 0.258. The maximum Gasteiger partial charge on any atom is 0.410 e. The number of nitrogens with one attached hydrogen (secondary N) is 1. The first-order chi connectivity index (χ1) is 14.3. The first-order valence-corrected chi connectivity index (χ1v) is 11.9. The van der Waals surface area contributed by atoms with Crippen LogP contribution in [0.3, 0.4) is 0 Å². The molecule has 0 bridgehead atoms. The highest BCUT2D eigenvalue weighted by atomic mass is 16.6. The van der Waals surface area contributed by atoms with Gasteiger partial charge in [0.2, 0.25) is 0 Å². The summed E-state index contributed by atoms with van der Waals surface area (Å²) in [7, 11) is 1.75. The Balaban J connectivity index is 1.87. The Morgan fingerprint density at radius 3 is 2.40 bits per heavy atom. The minimum Gasteiger partial charge on any atom is -0.444 e. The Morgan fingerprint density at radius 2 is 1.83 bits per heavy atom. The number of hydrogen-bond acceptors (Lipinski definition) is 4. The number of nitrogens with zero attached hydrogens (tertiary/aromatic N) is 3. The number of hydrogen-bond donors (Lipinski definition) is 1. The van der Waals surface area contributed by atoms with Crippen LogP contribution in [0.2, 0.25) is 0 Å². The molecular weight excluding hydrogens is 380 g/mol. The number of amides is 1. The van der Waals surface area contributed by atoms with E-state index in [-0.39, 0.29) is 12.1 Å². The first kappa shape index (κ1) is 24.8. The van der Waals surface area contributed by atoms with Gasteiger partial charge in [-0.3, -0.25) is 4.99 Å². The van der Waals surface area contributed by atoms with Crippen LogP contribution in [0.4, 0.5) is 4.79 Å². The number of likely N-dealkylation sites (tertiary alicyclic amines) is 1. The molecule has 1 N–H and O–H groups in total. The SMILES string of the molecule is CCNC(=NCCCCCOC)N1CCC(N(CC2CC2)C(=O)OC(C)(C)C)CC1. The lowest BCUT2D eigenvalue weighted by atomic mass is 10.0. The Hall–Kier alpha value is -1.50. The van der Waals surface area contributed by atoms with Crippen LogP contribution in [0, 0.1) is 5.92 Å². The summed E-state index contributed by atoms with van der Waals surface area (Å²) in [5.74, 6) is 1.67. The van der Waals surface area contributed by atoms with E-state index in [1.165, 1.54) is 12.8 Å². The van der Waals surface area contributed by atoms with Crippen molar-refractivity contribution in [3.05, 3.63) is 0 Å². The molecule has 0 aromatic heterocycles. The van der Waals surface area contributed by atoms with E-state index in [4.69, 9.17) is 14.5 Å². The third-order valence-corrected chi connectivity index (χ3v) is 5.59. The standard InChI is InChI=1S/C23H44N4O3/c1-6-24-21(25-14-8-7-9-17-29-5)26-15-12-20(13-16-26)27(18-19-10-11-19)22(28)30-23(2,3)4/h19-20H,6-18H2,1-5H3,(H,24,25). The number of rotatable bonds is 10. The van der Waals surface area contributed by atoms with Gasteiger partial charge in [-0.15, -0.1) is 0 Å². The van der Waals surface area contributed by atoms with Crippen molar-refractivity contribution in [1.82, 2.24) is 15.1 Å². The Morgan fingerprint density at radius 1 is 1.13 bits per heavy atom. The zero-order valence-corrected chi connectivity index (χ0v) is 19.9. The van der Waals surface area contributed by atoms with Gasteiger partial charge in [0.05, 0.1) is 0 Å². The topological polar surface area (TPSA) is 66.4 Å². The largest absolute Gasteiger partial charge is 0.444 e. The van der Waals surface area contributed by atoms with E-state index in [2.05, 4.69) is 17.1 Å². The van der Waals surface area contributed by atoms with E-state index in [9.17, 15) is 4.79 Å². The lowest BCUT2D eigenvalue weighted by Crippen LogP contribution is -2.52. The van der Waals surface area contributed by atoms with Crippen molar-refractivity contribution in [1.29, 1.82) is 0 Å². The van der Waals surface area contributed by atoms with Crippen LogP contribution in [0.5, 0.6) is 0 Å². The maximum atomic E-state index is 12.8. The van der Waals surface area contributed by atoms with Gasteiger partial charge < -0.3 is 24.6 Å². The molecule has 2 fully saturated rings. The molecule has 0 atom stereocenters. The molecule has 1 saturated carbocycles. The normalized spacial score (nSPS) is 18.4. The fraction of sp³-hybridized carbons (Fsp3) is 0.913. The molecule has 7 heteroatoms. The number of methoxy groups -OCH3 is 1. The summed E-state index contributed by atoms with van der Waals surface area (Å²) in [4.78, 5) is 22.0. The zero-order chi connectivity index (χ0) is 22.0. The molecule has 1 saturated heterocycles. The van der Waals surface area contributed by atoms with Crippen LogP contribution >= 0.6 is 0 Å². The van der Waals surface area contributed by atoms with E-state index in [0.29, 0.717) is 5.92 Å². The lowest BCUT2D eigenvalue weighted by Gasteiger charge is -2.40. The summed E-state index contributed by atoms with van der Waals surface area (Å²) in [5, 5.41) is 3.44. The predicted molar refractivity (Wildman–Crippen MR) is 122 cm³/mol. The Bertz CT molecular complexity index is 535. The first-order valence-electron chi connectivity index (χ1n) is 11.9.